The summed E-state index contributed by atoms with van der Waals surface area (Å²) in [5.74, 6) is 0.148. The summed E-state index contributed by atoms with van der Waals surface area (Å²) < 4.78 is 12.7. The van der Waals surface area contributed by atoms with Crippen molar-refractivity contribution in [2.45, 2.75) is 69.1 Å². The van der Waals surface area contributed by atoms with Gasteiger partial charge in [0, 0.05) is 34.1 Å². The van der Waals surface area contributed by atoms with Crippen LogP contribution >= 0.6 is 11.6 Å². The van der Waals surface area contributed by atoms with Crippen molar-refractivity contribution in [2.75, 3.05) is 30.1 Å². The summed E-state index contributed by atoms with van der Waals surface area (Å²) in [6.07, 6.45) is 1.16. The Balaban J connectivity index is 1.06. The van der Waals surface area contributed by atoms with Gasteiger partial charge in [0.25, 0.3) is 11.8 Å². The number of fused-ring (bicyclic) bond motifs is 2. The smallest absolute Gasteiger partial charge is 0.264 e. The van der Waals surface area contributed by atoms with Crippen molar-refractivity contribution < 1.29 is 29.0 Å². The number of amides is 3. The van der Waals surface area contributed by atoms with Crippen LogP contribution in [0.3, 0.4) is 0 Å². The molecule has 2 fully saturated rings. The van der Waals surface area contributed by atoms with Crippen LogP contribution in [-0.4, -0.2) is 68.2 Å². The van der Waals surface area contributed by atoms with Gasteiger partial charge in [-0.25, -0.2) is 0 Å². The van der Waals surface area contributed by atoms with Crippen molar-refractivity contribution in [1.82, 2.24) is 4.90 Å². The number of benzene rings is 5. The molecule has 3 amide bonds. The third kappa shape index (κ3) is 5.82. The fraction of sp³-hybridized carbons (Fsp3) is 0.326. The SMILES string of the molecule is COc1ccc([Si](C)(C)[C@H]2[C@H](CC(=O)N3CCC[C@H]3CO)O[C@@]3(C(=O)N(Cc4ccc(N5C(=O)c6cccc7cccc5c67)cc4)c4ccc(Cl)cc43)[C@@H]2C)cc1. The van der Waals surface area contributed by atoms with Gasteiger partial charge in [0.15, 0.2) is 5.60 Å². The summed E-state index contributed by atoms with van der Waals surface area (Å²) >= 11 is 6.73. The van der Waals surface area contributed by atoms with Crippen molar-refractivity contribution in [3.05, 3.63) is 125 Å². The van der Waals surface area contributed by atoms with Gasteiger partial charge >= 0.3 is 0 Å². The molecule has 4 aliphatic rings. The number of nitrogens with zero attached hydrogens (tertiary/aromatic N) is 3. The molecular formula is C46H46ClN3O6Si. The van der Waals surface area contributed by atoms with Gasteiger partial charge in [0.05, 0.1) is 63.8 Å². The second kappa shape index (κ2) is 14.1. The van der Waals surface area contributed by atoms with Gasteiger partial charge in [-0.2, -0.15) is 0 Å². The molecule has 0 bridgehead atoms. The third-order valence-corrected chi connectivity index (χ3v) is 17.8. The molecule has 292 valence electrons. The van der Waals surface area contributed by atoms with E-state index in [1.165, 1.54) is 5.19 Å². The van der Waals surface area contributed by atoms with E-state index in [1.54, 1.807) is 27.9 Å². The summed E-state index contributed by atoms with van der Waals surface area (Å²) in [5, 5.41) is 13.7. The lowest BCUT2D eigenvalue weighted by Gasteiger charge is -2.37. The van der Waals surface area contributed by atoms with Crippen LogP contribution in [0.1, 0.15) is 47.7 Å². The third-order valence-electron chi connectivity index (χ3n) is 13.2. The predicted octanol–water partition coefficient (Wildman–Crippen LogP) is 7.93. The number of rotatable bonds is 9. The highest BCUT2D eigenvalue weighted by molar-refractivity contribution is 6.91. The minimum absolute atomic E-state index is 0.0603. The first-order chi connectivity index (χ1) is 27.5. The molecule has 5 aromatic carbocycles. The Hall–Kier alpha value is -5.00. The first kappa shape index (κ1) is 37.6. The first-order valence-electron chi connectivity index (χ1n) is 19.8. The molecule has 0 aliphatic carbocycles. The van der Waals surface area contributed by atoms with Crippen LogP contribution in [0.4, 0.5) is 17.1 Å². The number of halogens is 1. The number of hydrogen-bond donors (Lipinski definition) is 1. The van der Waals surface area contributed by atoms with Crippen molar-refractivity contribution in [2.24, 2.45) is 5.92 Å². The van der Waals surface area contributed by atoms with Gasteiger partial charge in [0.1, 0.15) is 5.75 Å². The van der Waals surface area contributed by atoms with Crippen LogP contribution in [-0.2, 0) is 26.5 Å². The maximum Gasteiger partial charge on any atom is 0.264 e. The molecule has 9 nitrogen and oxygen atoms in total. The van der Waals surface area contributed by atoms with Crippen LogP contribution in [0.2, 0.25) is 23.7 Å². The number of anilines is 3. The second-order valence-corrected chi connectivity index (χ2v) is 21.6. The highest BCUT2D eigenvalue weighted by Crippen LogP contribution is 2.60. The van der Waals surface area contributed by atoms with Gasteiger partial charge in [-0.1, -0.05) is 85.3 Å². The molecule has 0 saturated carbocycles. The van der Waals surface area contributed by atoms with E-state index in [4.69, 9.17) is 21.1 Å². The van der Waals surface area contributed by atoms with Gasteiger partial charge in [0.2, 0.25) is 5.91 Å². The lowest BCUT2D eigenvalue weighted by molar-refractivity contribution is -0.150. The largest absolute Gasteiger partial charge is 0.497 e. The van der Waals surface area contributed by atoms with Crippen molar-refractivity contribution >= 4 is 70.4 Å². The monoisotopic (exact) mass is 799 g/mol. The fourth-order valence-electron chi connectivity index (χ4n) is 10.4. The minimum Gasteiger partial charge on any atom is -0.497 e. The second-order valence-electron chi connectivity index (χ2n) is 16.5. The highest BCUT2D eigenvalue weighted by atomic mass is 35.5. The molecule has 0 unspecified atom stereocenters. The highest BCUT2D eigenvalue weighted by Gasteiger charge is 2.66. The van der Waals surface area contributed by atoms with Crippen LogP contribution in [0.5, 0.6) is 5.75 Å². The Morgan fingerprint density at radius 3 is 2.42 bits per heavy atom. The Bertz CT molecular complexity index is 2420. The number of hydrogen-bond acceptors (Lipinski definition) is 6. The number of ether oxygens (including phenoxy) is 2. The zero-order chi connectivity index (χ0) is 39.8. The molecule has 4 heterocycles. The summed E-state index contributed by atoms with van der Waals surface area (Å²) in [5.41, 5.74) is 3.12. The molecule has 57 heavy (non-hydrogen) atoms. The van der Waals surface area contributed by atoms with Crippen LogP contribution in [0.15, 0.2) is 103 Å². The lowest BCUT2D eigenvalue weighted by atomic mass is 9.82. The van der Waals surface area contributed by atoms with Gasteiger partial charge in [-0.05, 0) is 83.9 Å². The number of carbonyl (C=O) groups is 3. The molecule has 1 spiro atoms. The van der Waals surface area contributed by atoms with E-state index in [0.717, 1.165) is 52.0 Å². The number of methoxy groups -OCH3 is 1. The van der Waals surface area contributed by atoms with Gasteiger partial charge < -0.3 is 24.4 Å². The molecule has 9 rings (SSSR count). The number of aliphatic hydroxyl groups excluding tert-OH is 1. The van der Waals surface area contributed by atoms with E-state index < -0.39 is 19.8 Å². The maximum atomic E-state index is 15.3. The molecule has 0 aromatic heterocycles. The van der Waals surface area contributed by atoms with E-state index in [-0.39, 0.29) is 54.8 Å². The maximum absolute atomic E-state index is 15.3. The van der Waals surface area contributed by atoms with Crippen LogP contribution < -0.4 is 19.7 Å². The van der Waals surface area contributed by atoms with E-state index in [9.17, 15) is 14.7 Å². The van der Waals surface area contributed by atoms with Crippen molar-refractivity contribution in [1.29, 1.82) is 0 Å². The Kier molecular flexibility index (Phi) is 9.31. The topological polar surface area (TPSA) is 99.6 Å². The lowest BCUT2D eigenvalue weighted by Crippen LogP contribution is -2.52. The zero-order valence-electron chi connectivity index (χ0n) is 32.6. The number of carbonyl (C=O) groups excluding carboxylic acids is 3. The molecule has 11 heteroatoms. The van der Waals surface area contributed by atoms with E-state index >= 15 is 4.79 Å². The molecule has 5 aromatic rings. The summed E-state index contributed by atoms with van der Waals surface area (Å²) in [4.78, 5) is 48.4. The van der Waals surface area contributed by atoms with Crippen LogP contribution in [0, 0.1) is 5.92 Å². The predicted molar refractivity (Wildman–Crippen MR) is 226 cm³/mol. The molecular weight excluding hydrogens is 754 g/mol. The van der Waals surface area contributed by atoms with Crippen LogP contribution in [0.25, 0.3) is 10.8 Å². The summed E-state index contributed by atoms with van der Waals surface area (Å²) in [6.45, 7) is 7.49. The van der Waals surface area contributed by atoms with E-state index in [1.807, 2.05) is 84.9 Å². The van der Waals surface area contributed by atoms with Gasteiger partial charge in [-0.15, -0.1) is 0 Å². The molecule has 4 aliphatic heterocycles. The number of likely N-dealkylation sites (tertiary alicyclic amines) is 1. The molecule has 1 N–H and O–H groups in total. The van der Waals surface area contributed by atoms with Crippen molar-refractivity contribution in [3.8, 4) is 5.75 Å². The Morgan fingerprint density at radius 2 is 1.70 bits per heavy atom. The Labute approximate surface area is 338 Å². The zero-order valence-corrected chi connectivity index (χ0v) is 34.3. The number of aliphatic hydroxyl groups is 1. The van der Waals surface area contributed by atoms with E-state index in [2.05, 4.69) is 32.2 Å². The van der Waals surface area contributed by atoms with Crippen molar-refractivity contribution in [3.63, 3.8) is 0 Å². The average molecular weight is 800 g/mol. The molecule has 0 radical (unpaired) electrons. The quantitative estimate of drug-likeness (QED) is 0.152. The normalized spacial score (nSPS) is 24.0. The van der Waals surface area contributed by atoms with Gasteiger partial charge in [-0.3, -0.25) is 19.3 Å². The fourth-order valence-corrected chi connectivity index (χ4v) is 14.6. The summed E-state index contributed by atoms with van der Waals surface area (Å²) in [6, 6.07) is 33.1. The summed E-state index contributed by atoms with van der Waals surface area (Å²) in [7, 11) is -0.847. The molecule has 2 saturated heterocycles. The average Bonchev–Trinajstić information content (AvgIpc) is 3.95. The van der Waals surface area contributed by atoms with E-state index in [0.29, 0.717) is 22.7 Å². The standard InChI is InChI=1S/C46H46ClN3O6Si/c1-28-43(57(3,4)35-20-18-34(55-2)19-21-35)40(25-41(52)48-23-7-10-33(48)27-51)56-46(28)37-24-31(47)15-22-38(37)49(45(46)54)26-29-13-16-32(17-14-29)50-39-12-6-9-30-8-5-11-36(42(30)39)44(50)53/h5-6,8-9,11-22,24,28,33,40,43,51H,7,10,23,25-27H2,1-4H3/t28-,33+,40+,43-,46+/m1/s1. The minimum atomic E-state index is -2.50. The first-order valence-corrected chi connectivity index (χ1v) is 23.2. The Morgan fingerprint density at radius 1 is 0.965 bits per heavy atom. The molecule has 5 atom stereocenters.